The van der Waals surface area contributed by atoms with E-state index in [1.807, 2.05) is 81.7 Å². The van der Waals surface area contributed by atoms with Gasteiger partial charge in [0, 0.05) is 6.54 Å². The molecule has 0 saturated carbocycles. The molecule has 0 aliphatic rings. The molecule has 39 heavy (non-hydrogen) atoms. The first-order valence-corrected chi connectivity index (χ1v) is 14.4. The van der Waals surface area contributed by atoms with Crippen LogP contribution in [0.5, 0.6) is 5.75 Å². The minimum atomic E-state index is -3.87. The molecule has 6 heteroatoms. The first kappa shape index (κ1) is 28.3. The van der Waals surface area contributed by atoms with E-state index in [-0.39, 0.29) is 11.5 Å². The molecule has 4 rings (SSSR count). The summed E-state index contributed by atoms with van der Waals surface area (Å²) in [6, 6.07) is 35.0. The smallest absolute Gasteiger partial charge is 0.296 e. The van der Waals surface area contributed by atoms with Gasteiger partial charge in [0.25, 0.3) is 10.1 Å². The summed E-state index contributed by atoms with van der Waals surface area (Å²) >= 11 is 0. The van der Waals surface area contributed by atoms with Gasteiger partial charge in [-0.25, -0.2) is 0 Å². The van der Waals surface area contributed by atoms with Crippen LogP contribution < -0.4 is 4.74 Å². The van der Waals surface area contributed by atoms with Gasteiger partial charge in [-0.05, 0) is 79.5 Å². The second kappa shape index (κ2) is 13.4. The van der Waals surface area contributed by atoms with Crippen molar-refractivity contribution in [3.8, 4) is 5.75 Å². The predicted molar refractivity (Wildman–Crippen MR) is 158 cm³/mol. The third-order valence-corrected chi connectivity index (χ3v) is 7.66. The number of benzene rings is 4. The van der Waals surface area contributed by atoms with Crippen molar-refractivity contribution in [1.82, 2.24) is 4.90 Å². The van der Waals surface area contributed by atoms with Crippen molar-refractivity contribution < 1.29 is 17.3 Å². The summed E-state index contributed by atoms with van der Waals surface area (Å²) in [4.78, 5) is 2.24. The molecule has 0 spiro atoms. The number of ether oxygens (including phenoxy) is 1. The summed E-state index contributed by atoms with van der Waals surface area (Å²) in [7, 11) is 0.163. The Hall–Kier alpha value is -3.71. The van der Waals surface area contributed by atoms with E-state index < -0.39 is 10.1 Å². The van der Waals surface area contributed by atoms with Gasteiger partial charge in [-0.1, -0.05) is 90.5 Å². The summed E-state index contributed by atoms with van der Waals surface area (Å²) in [5.41, 5.74) is 6.09. The van der Waals surface area contributed by atoms with Gasteiger partial charge in [0.1, 0.15) is 12.4 Å². The lowest BCUT2D eigenvalue weighted by Gasteiger charge is -2.18. The minimum Gasteiger partial charge on any atom is -0.492 e. The minimum absolute atomic E-state index is 0.0164. The highest BCUT2D eigenvalue weighted by molar-refractivity contribution is 7.86. The molecule has 0 aliphatic heterocycles. The van der Waals surface area contributed by atoms with Crippen LogP contribution in [0.25, 0.3) is 11.1 Å². The molecule has 0 aromatic heterocycles. The summed E-state index contributed by atoms with van der Waals surface area (Å²) in [5, 5.41) is 0. The molecule has 0 unspecified atom stereocenters. The van der Waals surface area contributed by atoms with Crippen molar-refractivity contribution in [2.24, 2.45) is 0 Å². The van der Waals surface area contributed by atoms with E-state index in [2.05, 4.69) is 29.2 Å². The van der Waals surface area contributed by atoms with Crippen LogP contribution in [0.3, 0.4) is 0 Å². The molecule has 0 aliphatic carbocycles. The average molecular weight is 542 g/mol. The van der Waals surface area contributed by atoms with Crippen LogP contribution in [-0.2, 0) is 14.3 Å². The average Bonchev–Trinajstić information content (AvgIpc) is 2.94. The van der Waals surface area contributed by atoms with Crippen LogP contribution in [0.2, 0.25) is 0 Å². The Bertz CT molecular complexity index is 1460. The second-order valence-electron chi connectivity index (χ2n) is 9.60. The molecule has 0 atom stereocenters. The number of aryl methyl sites for hydroxylation is 1. The maximum absolute atomic E-state index is 12.9. The Labute approximate surface area is 232 Å². The SMILES string of the molecule is Cc1ccc(S(=O)(=O)OCCC(=C(c2ccccc2)c2ccc(OCCN(C)C)cc2)c2ccccc2)cc1. The van der Waals surface area contributed by atoms with E-state index in [4.69, 9.17) is 8.92 Å². The molecular weight excluding hydrogens is 506 g/mol. The molecule has 5 nitrogen and oxygen atoms in total. The first-order chi connectivity index (χ1) is 18.8. The Morgan fingerprint density at radius 2 is 1.26 bits per heavy atom. The van der Waals surface area contributed by atoms with Crippen molar-refractivity contribution >= 4 is 21.3 Å². The standard InChI is InChI=1S/C33H35NO4S/c1-26-14-20-31(21-15-26)39(35,36)38-24-22-32(27-10-6-4-7-11-27)33(28-12-8-5-9-13-28)29-16-18-30(19-17-29)37-25-23-34(2)3/h4-21H,22-25H2,1-3H3. The highest BCUT2D eigenvalue weighted by Crippen LogP contribution is 2.35. The normalized spacial score (nSPS) is 12.3. The molecule has 4 aromatic rings. The van der Waals surface area contributed by atoms with Crippen molar-refractivity contribution in [2.75, 3.05) is 33.9 Å². The summed E-state index contributed by atoms with van der Waals surface area (Å²) in [5.74, 6) is 0.807. The first-order valence-electron chi connectivity index (χ1n) is 13.0. The van der Waals surface area contributed by atoms with Gasteiger partial charge in [-0.2, -0.15) is 8.42 Å². The molecule has 0 N–H and O–H groups in total. The largest absolute Gasteiger partial charge is 0.492 e. The zero-order valence-corrected chi connectivity index (χ0v) is 23.5. The lowest BCUT2D eigenvalue weighted by atomic mass is 9.88. The van der Waals surface area contributed by atoms with Gasteiger partial charge in [0.05, 0.1) is 11.5 Å². The lowest BCUT2D eigenvalue weighted by Crippen LogP contribution is -2.19. The summed E-state index contributed by atoms with van der Waals surface area (Å²) < 4.78 is 37.2. The summed E-state index contributed by atoms with van der Waals surface area (Å²) in [6.07, 6.45) is 0.403. The van der Waals surface area contributed by atoms with E-state index >= 15 is 0 Å². The fourth-order valence-corrected chi connectivity index (χ4v) is 5.17. The van der Waals surface area contributed by atoms with Gasteiger partial charge in [-0.15, -0.1) is 0 Å². The van der Waals surface area contributed by atoms with Crippen LogP contribution in [0, 0.1) is 6.92 Å². The van der Waals surface area contributed by atoms with Crippen LogP contribution in [0.4, 0.5) is 0 Å². The molecule has 0 amide bonds. The zero-order chi connectivity index (χ0) is 27.7. The quantitative estimate of drug-likeness (QED) is 0.148. The molecular formula is C33H35NO4S. The fraction of sp³-hybridized carbons (Fsp3) is 0.212. The Morgan fingerprint density at radius 1 is 0.692 bits per heavy atom. The van der Waals surface area contributed by atoms with E-state index in [0.29, 0.717) is 13.0 Å². The summed E-state index contributed by atoms with van der Waals surface area (Å²) in [6.45, 7) is 3.38. The third-order valence-electron chi connectivity index (χ3n) is 6.34. The number of rotatable bonds is 12. The molecule has 0 saturated heterocycles. The molecule has 4 aromatic carbocycles. The van der Waals surface area contributed by atoms with Gasteiger partial charge >= 0.3 is 0 Å². The van der Waals surface area contributed by atoms with E-state index in [0.717, 1.165) is 45.7 Å². The number of hydrogen-bond donors (Lipinski definition) is 0. The van der Waals surface area contributed by atoms with Crippen LogP contribution >= 0.6 is 0 Å². The Kier molecular flexibility index (Phi) is 9.71. The predicted octanol–water partition coefficient (Wildman–Crippen LogP) is 6.69. The van der Waals surface area contributed by atoms with Crippen LogP contribution in [-0.4, -0.2) is 47.2 Å². The number of hydrogen-bond acceptors (Lipinski definition) is 5. The van der Waals surface area contributed by atoms with Crippen molar-refractivity contribution in [2.45, 2.75) is 18.2 Å². The molecule has 0 bridgehead atoms. The van der Waals surface area contributed by atoms with Gasteiger partial charge in [-0.3, -0.25) is 4.18 Å². The Balaban J connectivity index is 1.69. The van der Waals surface area contributed by atoms with Gasteiger partial charge < -0.3 is 9.64 Å². The van der Waals surface area contributed by atoms with E-state index in [1.165, 1.54) is 0 Å². The third kappa shape index (κ3) is 7.90. The van der Waals surface area contributed by atoms with Gasteiger partial charge in [0.2, 0.25) is 0 Å². The number of likely N-dealkylation sites (N-methyl/N-ethyl adjacent to an activating group) is 1. The van der Waals surface area contributed by atoms with E-state index in [1.54, 1.807) is 24.3 Å². The molecule has 0 radical (unpaired) electrons. The molecule has 0 heterocycles. The van der Waals surface area contributed by atoms with Crippen molar-refractivity contribution in [3.05, 3.63) is 131 Å². The van der Waals surface area contributed by atoms with Crippen LogP contribution in [0.15, 0.2) is 114 Å². The maximum atomic E-state index is 12.9. The lowest BCUT2D eigenvalue weighted by molar-refractivity contribution is 0.261. The highest BCUT2D eigenvalue weighted by Gasteiger charge is 2.18. The number of nitrogens with zero attached hydrogens (tertiary/aromatic N) is 1. The molecule has 202 valence electrons. The maximum Gasteiger partial charge on any atom is 0.296 e. The van der Waals surface area contributed by atoms with Crippen LogP contribution in [0.1, 0.15) is 28.7 Å². The Morgan fingerprint density at radius 3 is 1.85 bits per heavy atom. The topological polar surface area (TPSA) is 55.8 Å². The fourth-order valence-electron chi connectivity index (χ4n) is 4.26. The highest BCUT2D eigenvalue weighted by atomic mass is 32.2. The monoisotopic (exact) mass is 541 g/mol. The van der Waals surface area contributed by atoms with Crippen molar-refractivity contribution in [1.29, 1.82) is 0 Å². The van der Waals surface area contributed by atoms with Gasteiger partial charge in [0.15, 0.2) is 0 Å². The second-order valence-corrected chi connectivity index (χ2v) is 11.2. The molecule has 0 fully saturated rings. The zero-order valence-electron chi connectivity index (χ0n) is 22.7. The van der Waals surface area contributed by atoms with E-state index in [9.17, 15) is 8.42 Å². The van der Waals surface area contributed by atoms with Crippen molar-refractivity contribution in [3.63, 3.8) is 0 Å².